The molecule has 1 N–H and O–H groups in total. The number of hydrogen-bond donors (Lipinski definition) is 1. The molecule has 8 rings (SSSR count). The van der Waals surface area contributed by atoms with Gasteiger partial charge in [-0.05, 0) is 140 Å². The van der Waals surface area contributed by atoms with E-state index in [1.165, 1.54) is 66.2 Å². The van der Waals surface area contributed by atoms with Gasteiger partial charge in [-0.2, -0.15) is 0 Å². The van der Waals surface area contributed by atoms with Crippen molar-refractivity contribution in [1.82, 2.24) is 9.13 Å². The highest BCUT2D eigenvalue weighted by molar-refractivity contribution is 5.70. The molecule has 6 aromatic rings. The van der Waals surface area contributed by atoms with Gasteiger partial charge in [0.15, 0.2) is 0 Å². The number of esters is 1. The monoisotopic (exact) mass is 877 g/mol. The lowest BCUT2D eigenvalue weighted by molar-refractivity contribution is -0.141. The number of benzene rings is 4. The maximum absolute atomic E-state index is 11.9. The molecule has 0 saturated heterocycles. The zero-order valence-electron chi connectivity index (χ0n) is 39.9. The molecule has 0 fully saturated rings. The van der Waals surface area contributed by atoms with Crippen molar-refractivity contribution in [2.24, 2.45) is 0 Å². The third-order valence-corrected chi connectivity index (χ3v) is 14.1. The van der Waals surface area contributed by atoms with Crippen LogP contribution in [-0.4, -0.2) is 33.3 Å². The molecule has 0 saturated carbocycles. The van der Waals surface area contributed by atoms with Crippen LogP contribution in [-0.2, 0) is 49.2 Å². The van der Waals surface area contributed by atoms with Crippen molar-refractivity contribution in [3.8, 4) is 11.5 Å². The van der Waals surface area contributed by atoms with Gasteiger partial charge in [-0.25, -0.2) is 0 Å². The molecule has 2 aromatic heterocycles. The van der Waals surface area contributed by atoms with Gasteiger partial charge in [0.25, 0.3) is 0 Å². The molecule has 2 atom stereocenters. The molecular formula is C57H68N2O6. The first-order chi connectivity index (χ1) is 30.8. The van der Waals surface area contributed by atoms with Gasteiger partial charge in [0.2, 0.25) is 0 Å². The van der Waals surface area contributed by atoms with Crippen LogP contribution in [0.1, 0.15) is 151 Å². The molecule has 0 radical (unpaired) electrons. The summed E-state index contributed by atoms with van der Waals surface area (Å²) in [6, 6.07) is 36.8. The summed E-state index contributed by atoms with van der Waals surface area (Å²) in [5, 5.41) is 9.32. The van der Waals surface area contributed by atoms with Crippen molar-refractivity contribution in [2.75, 3.05) is 7.11 Å². The van der Waals surface area contributed by atoms with Crippen LogP contribution in [0.25, 0.3) is 0 Å². The SMILES string of the molecule is CC1(C)CCC(C)(C)c2cc(COc3ccc([C@@H](CC(=O)O)n4cccc4)cc3)ccc21.COC(=O)C[C@H](c1ccc(OCc2ccc3c(c2)C(C)(C)CCC3(C)C)cc1)n1cccc1. The van der Waals surface area contributed by atoms with Gasteiger partial charge in [0.05, 0.1) is 32.0 Å². The van der Waals surface area contributed by atoms with Crippen LogP contribution in [0.15, 0.2) is 134 Å². The van der Waals surface area contributed by atoms with Gasteiger partial charge < -0.3 is 28.5 Å². The van der Waals surface area contributed by atoms with Crippen molar-refractivity contribution in [2.45, 2.75) is 141 Å². The van der Waals surface area contributed by atoms with Gasteiger partial charge >= 0.3 is 11.9 Å². The lowest BCUT2D eigenvalue weighted by Crippen LogP contribution is -2.33. The molecule has 342 valence electrons. The van der Waals surface area contributed by atoms with E-state index in [1.807, 2.05) is 107 Å². The minimum absolute atomic E-state index is 0.0378. The standard InChI is InChI=1S/C29H35NO3.C28H33NO3/c1-28(2)14-15-29(3,4)25-18-21(8-13-24(25)28)20-33-23-11-9-22(10-12-23)26(19-27(31)32-5)30-16-6-7-17-30;1-27(2)13-14-28(3,4)24-17-20(7-12-23(24)27)19-32-22-10-8-21(9-11-22)25(18-26(30)31)29-15-5-6-16-29/h6-13,16-18,26H,14-15,19-20H2,1-5H3;5-12,15-17,25H,13-14,18-19H2,1-4H3,(H,30,31)/t26-;25-/m11/s1. The molecular weight excluding hydrogens is 809 g/mol. The minimum atomic E-state index is -0.817. The maximum Gasteiger partial charge on any atom is 0.307 e. The zero-order chi connectivity index (χ0) is 46.6. The van der Waals surface area contributed by atoms with Gasteiger partial charge in [-0.15, -0.1) is 0 Å². The van der Waals surface area contributed by atoms with Crippen LogP contribution in [0.2, 0.25) is 0 Å². The lowest BCUT2D eigenvalue weighted by Gasteiger charge is -2.42. The molecule has 0 aliphatic heterocycles. The highest BCUT2D eigenvalue weighted by atomic mass is 16.5. The number of ether oxygens (including phenoxy) is 3. The fraction of sp³-hybridized carbons (Fsp3) is 0.404. The third kappa shape index (κ3) is 11.1. The molecule has 2 heterocycles. The number of rotatable bonds is 14. The summed E-state index contributed by atoms with van der Waals surface area (Å²) in [6.45, 7) is 19.8. The van der Waals surface area contributed by atoms with E-state index in [2.05, 4.69) is 91.8 Å². The molecule has 0 spiro atoms. The zero-order valence-corrected chi connectivity index (χ0v) is 39.9. The average molecular weight is 877 g/mol. The summed E-state index contributed by atoms with van der Waals surface area (Å²) in [7, 11) is 1.43. The Morgan fingerprint density at radius 2 is 0.877 bits per heavy atom. The molecule has 0 amide bonds. The van der Waals surface area contributed by atoms with E-state index in [0.29, 0.717) is 13.2 Å². The fourth-order valence-electron chi connectivity index (χ4n) is 9.67. The largest absolute Gasteiger partial charge is 0.489 e. The van der Waals surface area contributed by atoms with Crippen molar-refractivity contribution < 1.29 is 28.9 Å². The number of fused-ring (bicyclic) bond motifs is 2. The summed E-state index contributed by atoms with van der Waals surface area (Å²) >= 11 is 0. The van der Waals surface area contributed by atoms with Crippen LogP contribution < -0.4 is 9.47 Å². The quantitative estimate of drug-likeness (QED) is 0.110. The molecule has 0 bridgehead atoms. The fourth-order valence-corrected chi connectivity index (χ4v) is 9.67. The maximum atomic E-state index is 11.9. The molecule has 8 nitrogen and oxygen atoms in total. The van der Waals surface area contributed by atoms with Crippen LogP contribution in [0, 0.1) is 0 Å². The summed E-state index contributed by atoms with van der Waals surface area (Å²) in [4.78, 5) is 23.3. The van der Waals surface area contributed by atoms with Crippen molar-refractivity contribution in [1.29, 1.82) is 0 Å². The molecule has 2 aliphatic carbocycles. The lowest BCUT2D eigenvalue weighted by atomic mass is 9.63. The Hall–Kier alpha value is -6.02. The van der Waals surface area contributed by atoms with Crippen LogP contribution in [0.5, 0.6) is 11.5 Å². The number of methoxy groups -OCH3 is 1. The Kier molecular flexibility index (Phi) is 13.9. The molecule has 8 heteroatoms. The Balaban J connectivity index is 0.000000194. The van der Waals surface area contributed by atoms with E-state index < -0.39 is 5.97 Å². The Morgan fingerprint density at radius 3 is 1.23 bits per heavy atom. The van der Waals surface area contributed by atoms with Crippen LogP contribution in [0.3, 0.4) is 0 Å². The second-order valence-corrected chi connectivity index (χ2v) is 20.7. The first-order valence-electron chi connectivity index (χ1n) is 23.1. The van der Waals surface area contributed by atoms with Gasteiger partial charge in [-0.3, -0.25) is 9.59 Å². The predicted molar refractivity (Wildman–Crippen MR) is 259 cm³/mol. The van der Waals surface area contributed by atoms with Gasteiger partial charge in [0, 0.05) is 24.8 Å². The average Bonchev–Trinajstić information content (AvgIpc) is 4.03. The van der Waals surface area contributed by atoms with E-state index in [0.717, 1.165) is 22.6 Å². The Morgan fingerprint density at radius 1 is 0.523 bits per heavy atom. The normalized spacial score (nSPS) is 17.2. The third-order valence-electron chi connectivity index (χ3n) is 14.1. The predicted octanol–water partition coefficient (Wildman–Crippen LogP) is 13.0. The second-order valence-electron chi connectivity index (χ2n) is 20.7. The number of carboxylic acids is 1. The van der Waals surface area contributed by atoms with Crippen LogP contribution in [0.4, 0.5) is 0 Å². The number of hydrogen-bond acceptors (Lipinski definition) is 5. The number of aliphatic carboxylic acids is 1. The summed E-state index contributed by atoms with van der Waals surface area (Å²) in [5.74, 6) is 0.558. The second kappa shape index (κ2) is 19.2. The Labute approximate surface area is 386 Å². The van der Waals surface area contributed by atoms with Gasteiger partial charge in [0.1, 0.15) is 24.7 Å². The minimum Gasteiger partial charge on any atom is -0.489 e. The smallest absolute Gasteiger partial charge is 0.307 e. The first kappa shape index (κ1) is 47.0. The number of carbonyl (C=O) groups excluding carboxylic acids is 1. The van der Waals surface area contributed by atoms with E-state index in [9.17, 15) is 14.7 Å². The van der Waals surface area contributed by atoms with E-state index >= 15 is 0 Å². The van der Waals surface area contributed by atoms with E-state index in [-0.39, 0.29) is 52.6 Å². The highest BCUT2D eigenvalue weighted by Crippen LogP contribution is 2.47. The first-order valence-corrected chi connectivity index (χ1v) is 23.1. The van der Waals surface area contributed by atoms with Crippen molar-refractivity contribution in [3.63, 3.8) is 0 Å². The topological polar surface area (TPSA) is 91.9 Å². The summed E-state index contributed by atoms with van der Waals surface area (Å²) in [5.41, 5.74) is 11.0. The van der Waals surface area contributed by atoms with Crippen molar-refractivity contribution >= 4 is 11.9 Å². The molecule has 0 unspecified atom stereocenters. The number of carbonyl (C=O) groups is 2. The van der Waals surface area contributed by atoms with E-state index in [4.69, 9.17) is 14.2 Å². The molecule has 2 aliphatic rings. The number of nitrogens with zero attached hydrogens (tertiary/aromatic N) is 2. The highest BCUT2D eigenvalue weighted by Gasteiger charge is 2.38. The summed E-state index contributed by atoms with van der Waals surface area (Å²) in [6.07, 6.45) is 12.9. The summed E-state index contributed by atoms with van der Waals surface area (Å²) < 4.78 is 21.1. The van der Waals surface area contributed by atoms with Gasteiger partial charge in [-0.1, -0.05) is 116 Å². The van der Waals surface area contributed by atoms with Crippen molar-refractivity contribution in [3.05, 3.63) is 178 Å². The molecule has 4 aromatic carbocycles. The molecule has 65 heavy (non-hydrogen) atoms. The van der Waals surface area contributed by atoms with Crippen LogP contribution >= 0.6 is 0 Å². The number of carboxylic acid groups (broad SMARTS) is 1. The Bertz CT molecular complexity index is 2530. The number of aromatic nitrogens is 2. The van der Waals surface area contributed by atoms with E-state index in [1.54, 1.807) is 0 Å².